The number of ketones is 1. The molecule has 5 nitrogen and oxygen atoms in total. The predicted octanol–water partition coefficient (Wildman–Crippen LogP) is 0.824. The molecule has 0 rings (SSSR count). The first-order chi connectivity index (χ1) is 8.26. The highest BCUT2D eigenvalue weighted by molar-refractivity contribution is 5.94. The van der Waals surface area contributed by atoms with Crippen molar-refractivity contribution in [1.29, 1.82) is 0 Å². The van der Waals surface area contributed by atoms with Crippen LogP contribution in [0.4, 0.5) is 0 Å². The van der Waals surface area contributed by atoms with Crippen LogP contribution in [0.25, 0.3) is 0 Å². The maximum Gasteiger partial charge on any atom is 0.310 e. The monoisotopic (exact) mass is 258 g/mol. The van der Waals surface area contributed by atoms with Crippen molar-refractivity contribution < 1.29 is 24.3 Å². The molecule has 0 aliphatic rings. The van der Waals surface area contributed by atoms with Crippen LogP contribution in [0.1, 0.15) is 25.7 Å². The number of hydrogen-bond acceptors (Lipinski definition) is 3. The lowest BCUT2D eigenvalue weighted by Crippen LogP contribution is -2.46. The molecule has 5 heteroatoms. The van der Waals surface area contributed by atoms with Crippen molar-refractivity contribution in [1.82, 2.24) is 0 Å². The Morgan fingerprint density at radius 3 is 2.50 bits per heavy atom. The molecule has 1 atom stereocenters. The van der Waals surface area contributed by atoms with Crippen molar-refractivity contribution >= 4 is 11.8 Å². The fourth-order valence-corrected chi connectivity index (χ4v) is 1.75. The molecule has 0 heterocycles. The molecule has 0 aliphatic carbocycles. The fourth-order valence-electron chi connectivity index (χ4n) is 1.75. The standard InChI is InChI=1S/C13H23NO4/c1-4-5-6-12(16)10-14(2,3)8-7-11(15)9-13(17)18/h4,12,16H,1,5-10H2,2-3H3/p+1. The third kappa shape index (κ3) is 8.90. The summed E-state index contributed by atoms with van der Waals surface area (Å²) in [6, 6.07) is 0. The molecule has 0 aromatic rings. The molecule has 0 aliphatic heterocycles. The highest BCUT2D eigenvalue weighted by atomic mass is 16.4. The lowest BCUT2D eigenvalue weighted by molar-refractivity contribution is -0.892. The van der Waals surface area contributed by atoms with Crippen molar-refractivity contribution in [3.63, 3.8) is 0 Å². The summed E-state index contributed by atoms with van der Waals surface area (Å²) in [5, 5.41) is 18.3. The molecule has 0 aromatic carbocycles. The molecule has 0 bridgehead atoms. The van der Waals surface area contributed by atoms with Crippen LogP contribution >= 0.6 is 0 Å². The van der Waals surface area contributed by atoms with E-state index in [1.807, 2.05) is 14.1 Å². The Kier molecular flexibility index (Phi) is 7.47. The topological polar surface area (TPSA) is 74.6 Å². The van der Waals surface area contributed by atoms with E-state index in [1.165, 1.54) is 0 Å². The van der Waals surface area contributed by atoms with E-state index in [-0.39, 0.29) is 12.2 Å². The quantitative estimate of drug-likeness (QED) is 0.346. The van der Waals surface area contributed by atoms with E-state index in [2.05, 4.69) is 6.58 Å². The number of nitrogens with zero attached hydrogens (tertiary/aromatic N) is 1. The number of quaternary nitrogens is 1. The molecule has 0 radical (unpaired) electrons. The Bertz CT molecular complexity index is 299. The maximum absolute atomic E-state index is 11.3. The molecule has 1 unspecified atom stereocenters. The zero-order valence-electron chi connectivity index (χ0n) is 11.3. The van der Waals surface area contributed by atoms with Crippen LogP contribution in [0.2, 0.25) is 0 Å². The van der Waals surface area contributed by atoms with Crippen molar-refractivity contribution in [3.05, 3.63) is 12.7 Å². The van der Waals surface area contributed by atoms with E-state index in [0.717, 1.165) is 6.42 Å². The normalized spacial score (nSPS) is 13.1. The van der Waals surface area contributed by atoms with Crippen LogP contribution < -0.4 is 0 Å². The van der Waals surface area contributed by atoms with E-state index in [4.69, 9.17) is 5.11 Å². The lowest BCUT2D eigenvalue weighted by Gasteiger charge is -2.31. The summed E-state index contributed by atoms with van der Waals surface area (Å²) < 4.78 is 0.504. The van der Waals surface area contributed by atoms with Crippen LogP contribution in [0.5, 0.6) is 0 Å². The molecular weight excluding hydrogens is 234 g/mol. The number of aliphatic hydroxyl groups is 1. The number of aliphatic hydroxyl groups excluding tert-OH is 1. The molecule has 0 saturated heterocycles. The minimum Gasteiger partial charge on any atom is -0.481 e. The van der Waals surface area contributed by atoms with Crippen LogP contribution in [0.15, 0.2) is 12.7 Å². The van der Waals surface area contributed by atoms with Gasteiger partial charge in [0.1, 0.15) is 24.9 Å². The lowest BCUT2D eigenvalue weighted by atomic mass is 10.1. The smallest absolute Gasteiger partial charge is 0.310 e. The highest BCUT2D eigenvalue weighted by Gasteiger charge is 2.21. The molecule has 0 fully saturated rings. The van der Waals surface area contributed by atoms with Gasteiger partial charge in [0.25, 0.3) is 0 Å². The van der Waals surface area contributed by atoms with Crippen LogP contribution in [-0.2, 0) is 9.59 Å². The summed E-state index contributed by atoms with van der Waals surface area (Å²) in [5.41, 5.74) is 0. The van der Waals surface area contributed by atoms with Gasteiger partial charge in [0.2, 0.25) is 0 Å². The van der Waals surface area contributed by atoms with Crippen molar-refractivity contribution in [3.8, 4) is 0 Å². The second kappa shape index (κ2) is 8.00. The van der Waals surface area contributed by atoms with Gasteiger partial charge in [-0.2, -0.15) is 0 Å². The van der Waals surface area contributed by atoms with E-state index >= 15 is 0 Å². The van der Waals surface area contributed by atoms with Crippen molar-refractivity contribution in [2.24, 2.45) is 0 Å². The van der Waals surface area contributed by atoms with Gasteiger partial charge in [-0.05, 0) is 12.8 Å². The fraction of sp³-hybridized carbons (Fsp3) is 0.692. The molecule has 104 valence electrons. The number of likely N-dealkylation sites (N-methyl/N-ethyl adjacent to an activating group) is 1. The van der Waals surface area contributed by atoms with Crippen molar-refractivity contribution in [2.75, 3.05) is 27.2 Å². The first-order valence-electron chi connectivity index (χ1n) is 6.11. The number of carbonyl (C=O) groups is 2. The van der Waals surface area contributed by atoms with E-state index < -0.39 is 18.5 Å². The molecular formula is C13H24NO4+. The number of carboxylic acid groups (broad SMARTS) is 1. The summed E-state index contributed by atoms with van der Waals surface area (Å²) >= 11 is 0. The second-order valence-corrected chi connectivity index (χ2v) is 5.22. The minimum absolute atomic E-state index is 0.230. The molecule has 2 N–H and O–H groups in total. The van der Waals surface area contributed by atoms with Gasteiger partial charge in [0, 0.05) is 0 Å². The molecule has 18 heavy (non-hydrogen) atoms. The second-order valence-electron chi connectivity index (χ2n) is 5.22. The van der Waals surface area contributed by atoms with Gasteiger partial charge in [-0.15, -0.1) is 6.58 Å². The van der Waals surface area contributed by atoms with E-state index in [1.54, 1.807) is 6.08 Å². The number of carboxylic acids is 1. The Morgan fingerprint density at radius 2 is 2.00 bits per heavy atom. The SMILES string of the molecule is C=CCCC(O)C[N+](C)(C)CCC(=O)CC(=O)O. The Labute approximate surface area is 108 Å². The summed E-state index contributed by atoms with van der Waals surface area (Å²) in [4.78, 5) is 21.6. The first-order valence-corrected chi connectivity index (χ1v) is 6.11. The number of allylic oxidation sites excluding steroid dienone is 1. The van der Waals surface area contributed by atoms with Gasteiger partial charge in [0.05, 0.1) is 27.1 Å². The number of Topliss-reactive ketones (excluding diaryl/α,β-unsaturated/α-hetero) is 1. The minimum atomic E-state index is -1.09. The molecule has 0 aromatic heterocycles. The Morgan fingerprint density at radius 1 is 1.39 bits per heavy atom. The average molecular weight is 258 g/mol. The van der Waals surface area contributed by atoms with Crippen LogP contribution in [-0.4, -0.2) is 59.7 Å². The van der Waals surface area contributed by atoms with E-state index in [0.29, 0.717) is 24.0 Å². The number of aliphatic carboxylic acids is 1. The van der Waals surface area contributed by atoms with Gasteiger partial charge in [-0.3, -0.25) is 9.59 Å². The van der Waals surface area contributed by atoms with Crippen molar-refractivity contribution in [2.45, 2.75) is 31.8 Å². The summed E-state index contributed by atoms with van der Waals surface area (Å²) in [6.45, 7) is 4.69. The third-order valence-corrected chi connectivity index (χ3v) is 2.75. The first kappa shape index (κ1) is 16.8. The predicted molar refractivity (Wildman–Crippen MR) is 69.2 cm³/mol. The molecule has 0 saturated carbocycles. The largest absolute Gasteiger partial charge is 0.481 e. The van der Waals surface area contributed by atoms with E-state index in [9.17, 15) is 14.7 Å². The number of hydrogen-bond donors (Lipinski definition) is 2. The number of carbonyl (C=O) groups excluding carboxylic acids is 1. The van der Waals surface area contributed by atoms with Crippen LogP contribution in [0.3, 0.4) is 0 Å². The number of rotatable bonds is 10. The van der Waals surface area contributed by atoms with Crippen LogP contribution in [0, 0.1) is 0 Å². The van der Waals surface area contributed by atoms with Gasteiger partial charge in [-0.25, -0.2) is 0 Å². The maximum atomic E-state index is 11.3. The zero-order valence-corrected chi connectivity index (χ0v) is 11.3. The molecule has 0 spiro atoms. The highest BCUT2D eigenvalue weighted by Crippen LogP contribution is 2.07. The zero-order chi connectivity index (χ0) is 14.2. The Balaban J connectivity index is 4.02. The third-order valence-electron chi connectivity index (χ3n) is 2.75. The summed E-state index contributed by atoms with van der Waals surface area (Å²) in [5.74, 6) is -1.36. The summed E-state index contributed by atoms with van der Waals surface area (Å²) in [7, 11) is 3.84. The summed E-state index contributed by atoms with van der Waals surface area (Å²) in [6.07, 6.45) is 2.58. The van der Waals surface area contributed by atoms with Gasteiger partial charge in [-0.1, -0.05) is 6.08 Å². The molecule has 0 amide bonds. The van der Waals surface area contributed by atoms with Gasteiger partial charge in [0.15, 0.2) is 0 Å². The average Bonchev–Trinajstić information content (AvgIpc) is 2.22. The van der Waals surface area contributed by atoms with Gasteiger partial charge < -0.3 is 14.7 Å². The Hall–Kier alpha value is -1.20. The van der Waals surface area contributed by atoms with Gasteiger partial charge >= 0.3 is 5.97 Å².